The van der Waals surface area contributed by atoms with Gasteiger partial charge in [0, 0.05) is 22.7 Å². The standard InChI is InChI=1S/C24H18Cl2N2O4/c25-16-9-12-21(19(26)14-16)31-13-3-6-22(29)27-17-10-7-15(8-11-17)23-28-20-5-2-1-4-18(20)24(30)32-23/h1-2,4-5,7-12,14H,3,6,13H2,(H,27,29). The van der Waals surface area contributed by atoms with Crippen molar-refractivity contribution in [2.75, 3.05) is 11.9 Å². The van der Waals surface area contributed by atoms with Crippen LogP contribution < -0.4 is 15.7 Å². The molecular weight excluding hydrogens is 451 g/mol. The van der Waals surface area contributed by atoms with Gasteiger partial charge in [0.15, 0.2) is 0 Å². The molecule has 8 heteroatoms. The van der Waals surface area contributed by atoms with Crippen molar-refractivity contribution in [1.82, 2.24) is 4.98 Å². The van der Waals surface area contributed by atoms with E-state index in [1.807, 2.05) is 6.07 Å². The molecule has 1 amide bonds. The van der Waals surface area contributed by atoms with E-state index in [1.165, 1.54) is 0 Å². The summed E-state index contributed by atoms with van der Waals surface area (Å²) in [5.41, 5.74) is 1.39. The predicted molar refractivity (Wildman–Crippen MR) is 126 cm³/mol. The lowest BCUT2D eigenvalue weighted by Crippen LogP contribution is -2.12. The second kappa shape index (κ2) is 9.85. The van der Waals surface area contributed by atoms with Gasteiger partial charge < -0.3 is 14.5 Å². The Morgan fingerprint density at radius 3 is 2.59 bits per heavy atom. The molecule has 1 N–H and O–H groups in total. The minimum absolute atomic E-state index is 0.140. The van der Waals surface area contributed by atoms with E-state index in [4.69, 9.17) is 32.4 Å². The van der Waals surface area contributed by atoms with E-state index in [1.54, 1.807) is 60.7 Å². The largest absolute Gasteiger partial charge is 0.492 e. The van der Waals surface area contributed by atoms with Crippen LogP contribution in [0.2, 0.25) is 10.0 Å². The molecule has 0 radical (unpaired) electrons. The van der Waals surface area contributed by atoms with Gasteiger partial charge in [-0.3, -0.25) is 4.79 Å². The minimum atomic E-state index is -0.440. The van der Waals surface area contributed by atoms with Gasteiger partial charge >= 0.3 is 5.63 Å². The van der Waals surface area contributed by atoms with Crippen molar-refractivity contribution in [2.24, 2.45) is 0 Å². The summed E-state index contributed by atoms with van der Waals surface area (Å²) in [4.78, 5) is 28.7. The van der Waals surface area contributed by atoms with Crippen LogP contribution >= 0.6 is 23.2 Å². The van der Waals surface area contributed by atoms with Crippen LogP contribution in [-0.4, -0.2) is 17.5 Å². The third kappa shape index (κ3) is 5.28. The molecule has 4 aromatic rings. The quantitative estimate of drug-likeness (QED) is 0.338. The van der Waals surface area contributed by atoms with Gasteiger partial charge in [0.2, 0.25) is 11.8 Å². The van der Waals surface area contributed by atoms with Gasteiger partial charge in [-0.05, 0) is 61.0 Å². The number of carbonyl (C=O) groups excluding carboxylic acids is 1. The summed E-state index contributed by atoms with van der Waals surface area (Å²) >= 11 is 11.9. The highest BCUT2D eigenvalue weighted by molar-refractivity contribution is 6.35. The minimum Gasteiger partial charge on any atom is -0.492 e. The molecule has 0 saturated heterocycles. The highest BCUT2D eigenvalue weighted by atomic mass is 35.5. The van der Waals surface area contributed by atoms with Gasteiger partial charge in [-0.25, -0.2) is 9.78 Å². The summed E-state index contributed by atoms with van der Waals surface area (Å²) < 4.78 is 10.9. The number of carbonyl (C=O) groups is 1. The van der Waals surface area contributed by atoms with Gasteiger partial charge in [0.25, 0.3) is 0 Å². The van der Waals surface area contributed by atoms with E-state index in [0.717, 1.165) is 0 Å². The first kappa shape index (κ1) is 21.9. The molecule has 0 aliphatic rings. The SMILES string of the molecule is O=C(CCCOc1ccc(Cl)cc1Cl)Nc1ccc(-c2nc3ccccc3c(=O)o2)cc1. The van der Waals surface area contributed by atoms with E-state index in [2.05, 4.69) is 10.3 Å². The second-order valence-electron chi connectivity index (χ2n) is 6.98. The monoisotopic (exact) mass is 468 g/mol. The molecule has 32 heavy (non-hydrogen) atoms. The Hall–Kier alpha value is -3.35. The number of aromatic nitrogens is 1. The number of para-hydroxylation sites is 1. The van der Waals surface area contributed by atoms with Crippen molar-refractivity contribution < 1.29 is 13.9 Å². The Labute approximate surface area is 193 Å². The molecule has 1 heterocycles. The number of nitrogens with zero attached hydrogens (tertiary/aromatic N) is 1. The van der Waals surface area contributed by atoms with Gasteiger partial charge in [0.05, 0.1) is 22.5 Å². The number of rotatable bonds is 7. The first-order chi connectivity index (χ1) is 15.5. The lowest BCUT2D eigenvalue weighted by Gasteiger charge is -2.09. The second-order valence-corrected chi connectivity index (χ2v) is 7.82. The van der Waals surface area contributed by atoms with Gasteiger partial charge in [0.1, 0.15) is 5.75 Å². The lowest BCUT2D eigenvalue weighted by molar-refractivity contribution is -0.116. The fourth-order valence-electron chi connectivity index (χ4n) is 3.07. The number of hydrogen-bond acceptors (Lipinski definition) is 5. The summed E-state index contributed by atoms with van der Waals surface area (Å²) in [7, 11) is 0. The molecule has 3 aromatic carbocycles. The maximum Gasteiger partial charge on any atom is 0.347 e. The molecule has 1 aromatic heterocycles. The number of nitrogens with one attached hydrogen (secondary N) is 1. The van der Waals surface area contributed by atoms with Crippen molar-refractivity contribution in [3.8, 4) is 17.2 Å². The van der Waals surface area contributed by atoms with Gasteiger partial charge in [-0.2, -0.15) is 0 Å². The van der Waals surface area contributed by atoms with E-state index < -0.39 is 5.63 Å². The zero-order chi connectivity index (χ0) is 22.5. The highest BCUT2D eigenvalue weighted by Gasteiger charge is 2.09. The zero-order valence-electron chi connectivity index (χ0n) is 16.8. The Kier molecular flexibility index (Phi) is 6.73. The third-order valence-corrected chi connectivity index (χ3v) is 5.18. The van der Waals surface area contributed by atoms with Crippen LogP contribution in [-0.2, 0) is 4.79 Å². The number of amides is 1. The molecule has 0 saturated carbocycles. The van der Waals surface area contributed by atoms with Crippen LogP contribution in [0.25, 0.3) is 22.4 Å². The predicted octanol–water partition coefficient (Wildman–Crippen LogP) is 5.96. The van der Waals surface area contributed by atoms with Crippen molar-refractivity contribution in [1.29, 1.82) is 0 Å². The van der Waals surface area contributed by atoms with E-state index >= 15 is 0 Å². The third-order valence-electron chi connectivity index (χ3n) is 4.65. The van der Waals surface area contributed by atoms with Gasteiger partial charge in [-0.15, -0.1) is 0 Å². The number of halogens is 2. The maximum atomic E-state index is 12.2. The van der Waals surface area contributed by atoms with Crippen LogP contribution in [0, 0.1) is 0 Å². The molecule has 0 aliphatic carbocycles. The molecule has 4 rings (SSSR count). The molecule has 0 aliphatic heterocycles. The fraction of sp³-hybridized carbons (Fsp3) is 0.125. The first-order valence-electron chi connectivity index (χ1n) is 9.87. The average Bonchev–Trinajstić information content (AvgIpc) is 2.78. The van der Waals surface area contributed by atoms with Crippen LogP contribution in [0.15, 0.2) is 75.9 Å². The molecular formula is C24H18Cl2N2O4. The topological polar surface area (TPSA) is 81.4 Å². The van der Waals surface area contributed by atoms with Crippen LogP contribution in [0.3, 0.4) is 0 Å². The highest BCUT2D eigenvalue weighted by Crippen LogP contribution is 2.27. The normalized spacial score (nSPS) is 10.8. The molecule has 162 valence electrons. The maximum absolute atomic E-state index is 12.2. The fourth-order valence-corrected chi connectivity index (χ4v) is 3.53. The number of ether oxygens (including phenoxy) is 1. The lowest BCUT2D eigenvalue weighted by atomic mass is 10.2. The van der Waals surface area contributed by atoms with E-state index in [-0.39, 0.29) is 18.2 Å². The smallest absolute Gasteiger partial charge is 0.347 e. The molecule has 0 atom stereocenters. The molecule has 0 fully saturated rings. The van der Waals surface area contributed by atoms with E-state index in [9.17, 15) is 9.59 Å². The Morgan fingerprint density at radius 1 is 1.03 bits per heavy atom. The number of hydrogen-bond donors (Lipinski definition) is 1. The number of benzene rings is 3. The molecule has 6 nitrogen and oxygen atoms in total. The van der Waals surface area contributed by atoms with Crippen LogP contribution in [0.5, 0.6) is 5.75 Å². The van der Waals surface area contributed by atoms with Crippen LogP contribution in [0.1, 0.15) is 12.8 Å². The van der Waals surface area contributed by atoms with E-state index in [0.29, 0.717) is 51.0 Å². The summed E-state index contributed by atoms with van der Waals surface area (Å²) in [6, 6.07) is 18.9. The average molecular weight is 469 g/mol. The first-order valence-corrected chi connectivity index (χ1v) is 10.6. The summed E-state index contributed by atoms with van der Waals surface area (Å²) in [6.07, 6.45) is 0.809. The summed E-state index contributed by atoms with van der Waals surface area (Å²) in [5, 5.41) is 4.22. The van der Waals surface area contributed by atoms with Crippen molar-refractivity contribution in [3.63, 3.8) is 0 Å². The van der Waals surface area contributed by atoms with Crippen molar-refractivity contribution in [2.45, 2.75) is 12.8 Å². The molecule has 0 spiro atoms. The zero-order valence-corrected chi connectivity index (χ0v) is 18.3. The number of fused-ring (bicyclic) bond motifs is 1. The molecule has 0 unspecified atom stereocenters. The Balaban J connectivity index is 1.31. The number of anilines is 1. The Bertz CT molecular complexity index is 1320. The van der Waals surface area contributed by atoms with Crippen molar-refractivity contribution >= 4 is 45.7 Å². The van der Waals surface area contributed by atoms with Gasteiger partial charge in [-0.1, -0.05) is 35.3 Å². The van der Waals surface area contributed by atoms with Crippen LogP contribution in [0.4, 0.5) is 5.69 Å². The summed E-state index contributed by atoms with van der Waals surface area (Å²) in [5.74, 6) is 0.615. The van der Waals surface area contributed by atoms with Crippen molar-refractivity contribution in [3.05, 3.63) is 87.2 Å². The molecule has 0 bridgehead atoms. The Morgan fingerprint density at radius 2 is 1.81 bits per heavy atom. The summed E-state index contributed by atoms with van der Waals surface area (Å²) in [6.45, 7) is 0.348.